The van der Waals surface area contributed by atoms with Gasteiger partial charge in [0.25, 0.3) is 0 Å². The van der Waals surface area contributed by atoms with E-state index in [1.165, 1.54) is 24.3 Å². The molecule has 0 aromatic carbocycles. The standard InChI is InChI=1S/C12H19N3S/c1-8(12-13-4-5-16-12)14-7-9-6-10-2-3-11(9)15-10/h4-5,8-11,14-15H,2-3,6-7H2,1H3. The van der Waals surface area contributed by atoms with Crippen LogP contribution in [0.4, 0.5) is 0 Å². The molecular weight excluding hydrogens is 218 g/mol. The van der Waals surface area contributed by atoms with Gasteiger partial charge in [0.05, 0.1) is 6.04 Å². The fourth-order valence-electron chi connectivity index (χ4n) is 3.03. The quantitative estimate of drug-likeness (QED) is 0.840. The molecule has 1 aromatic rings. The Hall–Kier alpha value is -0.450. The van der Waals surface area contributed by atoms with Gasteiger partial charge in [0.2, 0.25) is 0 Å². The van der Waals surface area contributed by atoms with Crippen molar-refractivity contribution in [2.24, 2.45) is 5.92 Å². The molecule has 16 heavy (non-hydrogen) atoms. The van der Waals surface area contributed by atoms with Gasteiger partial charge in [-0.15, -0.1) is 11.3 Å². The van der Waals surface area contributed by atoms with E-state index in [1.54, 1.807) is 11.3 Å². The molecule has 0 radical (unpaired) electrons. The van der Waals surface area contributed by atoms with Crippen LogP contribution in [0.3, 0.4) is 0 Å². The van der Waals surface area contributed by atoms with Gasteiger partial charge in [-0.1, -0.05) is 0 Å². The van der Waals surface area contributed by atoms with Crippen molar-refractivity contribution in [3.8, 4) is 0 Å². The number of thiazole rings is 1. The van der Waals surface area contributed by atoms with E-state index >= 15 is 0 Å². The molecular formula is C12H19N3S. The van der Waals surface area contributed by atoms with Crippen LogP contribution in [-0.4, -0.2) is 23.6 Å². The third-order valence-corrected chi connectivity index (χ3v) is 4.90. The lowest BCUT2D eigenvalue weighted by Crippen LogP contribution is -2.32. The molecule has 2 N–H and O–H groups in total. The average molecular weight is 237 g/mol. The van der Waals surface area contributed by atoms with E-state index in [1.807, 2.05) is 11.6 Å². The van der Waals surface area contributed by atoms with Crippen LogP contribution in [0, 0.1) is 5.92 Å². The summed E-state index contributed by atoms with van der Waals surface area (Å²) in [4.78, 5) is 4.35. The SMILES string of the molecule is CC(NCC1CC2CCC1N2)c1nccs1. The van der Waals surface area contributed by atoms with Crippen LogP contribution < -0.4 is 10.6 Å². The predicted molar refractivity (Wildman–Crippen MR) is 66.6 cm³/mol. The fraction of sp³-hybridized carbons (Fsp3) is 0.750. The Morgan fingerprint density at radius 3 is 3.19 bits per heavy atom. The lowest BCUT2D eigenvalue weighted by atomic mass is 9.89. The summed E-state index contributed by atoms with van der Waals surface area (Å²) in [5.74, 6) is 0.834. The normalized spacial score (nSPS) is 34.4. The highest BCUT2D eigenvalue weighted by molar-refractivity contribution is 7.09. The molecule has 0 spiro atoms. The van der Waals surface area contributed by atoms with Crippen LogP contribution >= 0.6 is 11.3 Å². The Kier molecular flexibility index (Phi) is 2.96. The monoisotopic (exact) mass is 237 g/mol. The maximum absolute atomic E-state index is 4.35. The Morgan fingerprint density at radius 1 is 1.62 bits per heavy atom. The smallest absolute Gasteiger partial charge is 0.109 e. The van der Waals surface area contributed by atoms with Gasteiger partial charge in [0.15, 0.2) is 0 Å². The van der Waals surface area contributed by atoms with Crippen LogP contribution in [0.5, 0.6) is 0 Å². The molecule has 4 heteroatoms. The molecule has 1 aromatic heterocycles. The minimum absolute atomic E-state index is 0.402. The maximum Gasteiger partial charge on any atom is 0.109 e. The van der Waals surface area contributed by atoms with Crippen molar-refractivity contribution in [3.05, 3.63) is 16.6 Å². The Bertz CT molecular complexity index is 338. The first kappa shape index (κ1) is 10.7. The summed E-state index contributed by atoms with van der Waals surface area (Å²) in [6.45, 7) is 3.34. The van der Waals surface area contributed by atoms with Gasteiger partial charge < -0.3 is 10.6 Å². The third kappa shape index (κ3) is 2.01. The molecule has 2 bridgehead atoms. The first-order valence-electron chi connectivity index (χ1n) is 6.22. The second-order valence-electron chi connectivity index (χ2n) is 5.04. The maximum atomic E-state index is 4.35. The van der Waals surface area contributed by atoms with E-state index in [4.69, 9.17) is 0 Å². The van der Waals surface area contributed by atoms with E-state index in [0.29, 0.717) is 6.04 Å². The summed E-state index contributed by atoms with van der Waals surface area (Å²) in [6.07, 6.45) is 6.02. The molecule has 3 heterocycles. The lowest BCUT2D eigenvalue weighted by molar-refractivity contribution is 0.368. The number of hydrogen-bond donors (Lipinski definition) is 2. The highest BCUT2D eigenvalue weighted by Gasteiger charge is 2.38. The second-order valence-corrected chi connectivity index (χ2v) is 5.97. The number of nitrogens with one attached hydrogen (secondary N) is 2. The molecule has 2 aliphatic rings. The molecule has 2 saturated heterocycles. The van der Waals surface area contributed by atoms with Gasteiger partial charge in [-0.2, -0.15) is 0 Å². The molecule has 2 fully saturated rings. The van der Waals surface area contributed by atoms with Gasteiger partial charge in [-0.05, 0) is 32.1 Å². The summed E-state index contributed by atoms with van der Waals surface area (Å²) in [5, 5.41) is 10.6. The number of fused-ring (bicyclic) bond motifs is 2. The fourth-order valence-corrected chi connectivity index (χ4v) is 3.70. The van der Waals surface area contributed by atoms with Gasteiger partial charge in [-0.25, -0.2) is 4.98 Å². The highest BCUT2D eigenvalue weighted by atomic mass is 32.1. The van der Waals surface area contributed by atoms with E-state index in [2.05, 4.69) is 22.5 Å². The minimum atomic E-state index is 0.402. The number of hydrogen-bond acceptors (Lipinski definition) is 4. The molecule has 0 aliphatic carbocycles. The van der Waals surface area contributed by atoms with Crippen LogP contribution in [-0.2, 0) is 0 Å². The van der Waals surface area contributed by atoms with E-state index in [-0.39, 0.29) is 0 Å². The van der Waals surface area contributed by atoms with Crippen molar-refractivity contribution in [1.29, 1.82) is 0 Å². The van der Waals surface area contributed by atoms with Gasteiger partial charge >= 0.3 is 0 Å². The lowest BCUT2D eigenvalue weighted by Gasteiger charge is -2.22. The molecule has 0 amide bonds. The van der Waals surface area contributed by atoms with Crippen molar-refractivity contribution in [2.75, 3.05) is 6.54 Å². The first-order valence-corrected chi connectivity index (χ1v) is 7.09. The van der Waals surface area contributed by atoms with Crippen molar-refractivity contribution in [2.45, 2.75) is 44.3 Å². The van der Waals surface area contributed by atoms with E-state index in [9.17, 15) is 0 Å². The van der Waals surface area contributed by atoms with Crippen LogP contribution in [0.2, 0.25) is 0 Å². The van der Waals surface area contributed by atoms with Crippen LogP contribution in [0.15, 0.2) is 11.6 Å². The summed E-state index contributed by atoms with van der Waals surface area (Å²) in [6, 6.07) is 1.99. The molecule has 4 unspecified atom stereocenters. The zero-order valence-electron chi connectivity index (χ0n) is 9.65. The summed E-state index contributed by atoms with van der Waals surface area (Å²) >= 11 is 1.74. The number of rotatable bonds is 4. The van der Waals surface area contributed by atoms with E-state index in [0.717, 1.165) is 24.5 Å². The topological polar surface area (TPSA) is 37.0 Å². The molecule has 2 aliphatic heterocycles. The summed E-state index contributed by atoms with van der Waals surface area (Å²) in [5.41, 5.74) is 0. The Balaban J connectivity index is 1.50. The Morgan fingerprint density at radius 2 is 2.56 bits per heavy atom. The summed E-state index contributed by atoms with van der Waals surface area (Å²) in [7, 11) is 0. The highest BCUT2D eigenvalue weighted by Crippen LogP contribution is 2.33. The molecule has 3 nitrogen and oxygen atoms in total. The molecule has 4 atom stereocenters. The van der Waals surface area contributed by atoms with Crippen LogP contribution in [0.25, 0.3) is 0 Å². The average Bonchev–Trinajstić information content (AvgIpc) is 3.01. The van der Waals surface area contributed by atoms with Gasteiger partial charge in [0.1, 0.15) is 5.01 Å². The minimum Gasteiger partial charge on any atom is -0.311 e. The second kappa shape index (κ2) is 4.43. The molecule has 3 rings (SSSR count). The van der Waals surface area contributed by atoms with E-state index < -0.39 is 0 Å². The van der Waals surface area contributed by atoms with Gasteiger partial charge in [0, 0.05) is 30.2 Å². The largest absolute Gasteiger partial charge is 0.311 e. The zero-order chi connectivity index (χ0) is 11.0. The number of nitrogens with zero attached hydrogens (tertiary/aromatic N) is 1. The predicted octanol–water partition coefficient (Wildman–Crippen LogP) is 1.93. The van der Waals surface area contributed by atoms with Gasteiger partial charge in [-0.3, -0.25) is 0 Å². The van der Waals surface area contributed by atoms with Crippen molar-refractivity contribution < 1.29 is 0 Å². The van der Waals surface area contributed by atoms with Crippen molar-refractivity contribution >= 4 is 11.3 Å². The number of aromatic nitrogens is 1. The third-order valence-electron chi connectivity index (χ3n) is 3.94. The Labute approximate surface area is 101 Å². The summed E-state index contributed by atoms with van der Waals surface area (Å²) < 4.78 is 0. The zero-order valence-corrected chi connectivity index (χ0v) is 10.5. The van der Waals surface area contributed by atoms with Crippen molar-refractivity contribution in [1.82, 2.24) is 15.6 Å². The molecule has 0 saturated carbocycles. The van der Waals surface area contributed by atoms with Crippen LogP contribution in [0.1, 0.15) is 37.2 Å². The first-order chi connectivity index (χ1) is 7.83. The van der Waals surface area contributed by atoms with Crippen molar-refractivity contribution in [3.63, 3.8) is 0 Å². The molecule has 88 valence electrons.